The van der Waals surface area contributed by atoms with Crippen molar-refractivity contribution in [2.24, 2.45) is 0 Å². The highest BCUT2D eigenvalue weighted by Crippen LogP contribution is 2.28. The molecule has 3 rings (SSSR count). The average Bonchev–Trinajstić information content (AvgIpc) is 2.39. The molecule has 82 valence electrons. The first-order chi connectivity index (χ1) is 8.36. The van der Waals surface area contributed by atoms with E-state index in [4.69, 9.17) is 0 Å². The fourth-order valence-electron chi connectivity index (χ4n) is 2.11. The molecule has 2 nitrogen and oxygen atoms in total. The molecule has 0 aliphatic heterocycles. The monoisotopic (exact) mass is 220 g/mol. The maximum atomic E-state index is 4.38. The number of hydrogen-bond acceptors (Lipinski definition) is 2. The van der Waals surface area contributed by atoms with Gasteiger partial charge in [0.15, 0.2) is 0 Å². The number of benzene rings is 1. The van der Waals surface area contributed by atoms with Gasteiger partial charge in [0.1, 0.15) is 0 Å². The minimum absolute atomic E-state index is 1.02. The first kappa shape index (κ1) is 9.97. The van der Waals surface area contributed by atoms with Crippen LogP contribution in [0, 0.1) is 6.92 Å². The molecular weight excluding hydrogens is 208 g/mol. The second-order valence-electron chi connectivity index (χ2n) is 4.01. The Morgan fingerprint density at radius 2 is 1.53 bits per heavy atom. The van der Waals surface area contributed by atoms with Gasteiger partial charge in [-0.3, -0.25) is 9.97 Å². The van der Waals surface area contributed by atoms with Gasteiger partial charge < -0.3 is 0 Å². The van der Waals surface area contributed by atoms with Gasteiger partial charge in [-0.05, 0) is 30.7 Å². The number of aryl methyl sites for hydroxylation is 1. The molecule has 0 N–H and O–H groups in total. The van der Waals surface area contributed by atoms with E-state index in [1.54, 1.807) is 0 Å². The maximum absolute atomic E-state index is 4.38. The van der Waals surface area contributed by atoms with Crippen LogP contribution in [0.4, 0.5) is 0 Å². The molecule has 0 saturated heterocycles. The Hall–Kier alpha value is -2.22. The van der Waals surface area contributed by atoms with E-state index in [1.807, 2.05) is 43.6 Å². The van der Waals surface area contributed by atoms with Gasteiger partial charge in [-0.15, -0.1) is 0 Å². The Balaban J connectivity index is 2.35. The van der Waals surface area contributed by atoms with Crippen molar-refractivity contribution in [3.63, 3.8) is 0 Å². The largest absolute Gasteiger partial charge is 0.261 e. The van der Waals surface area contributed by atoms with Gasteiger partial charge in [0.25, 0.3) is 0 Å². The Labute approximate surface area is 100.0 Å². The first-order valence-corrected chi connectivity index (χ1v) is 5.62. The lowest BCUT2D eigenvalue weighted by Gasteiger charge is -2.08. The second-order valence-corrected chi connectivity index (χ2v) is 4.01. The van der Waals surface area contributed by atoms with Crippen LogP contribution in [-0.2, 0) is 0 Å². The van der Waals surface area contributed by atoms with Crippen LogP contribution < -0.4 is 0 Å². The third-order valence-corrected chi connectivity index (χ3v) is 2.94. The Morgan fingerprint density at radius 3 is 2.41 bits per heavy atom. The van der Waals surface area contributed by atoms with Gasteiger partial charge in [-0.1, -0.05) is 24.3 Å². The summed E-state index contributed by atoms with van der Waals surface area (Å²) in [6.45, 7) is 2.03. The van der Waals surface area contributed by atoms with E-state index in [-0.39, 0.29) is 0 Å². The molecule has 1 aromatic carbocycles. The van der Waals surface area contributed by atoms with Gasteiger partial charge in [0.05, 0.1) is 5.52 Å². The minimum Gasteiger partial charge on any atom is -0.261 e. The fourth-order valence-corrected chi connectivity index (χ4v) is 2.11. The predicted molar refractivity (Wildman–Crippen MR) is 69.7 cm³/mol. The lowest BCUT2D eigenvalue weighted by molar-refractivity contribution is 1.20. The van der Waals surface area contributed by atoms with E-state index in [0.717, 1.165) is 11.2 Å². The smallest absolute Gasteiger partial charge is 0.0708 e. The van der Waals surface area contributed by atoms with Crippen LogP contribution in [0.25, 0.3) is 22.0 Å². The van der Waals surface area contributed by atoms with Crippen LogP contribution in [0.2, 0.25) is 0 Å². The van der Waals surface area contributed by atoms with E-state index in [0.29, 0.717) is 0 Å². The molecular formula is C15H12N2. The molecule has 0 atom stereocenters. The molecule has 0 aliphatic carbocycles. The third-order valence-electron chi connectivity index (χ3n) is 2.94. The molecule has 3 aromatic rings. The summed E-state index contributed by atoms with van der Waals surface area (Å²) in [5.74, 6) is 0. The average molecular weight is 220 g/mol. The molecule has 0 unspecified atom stereocenters. The summed E-state index contributed by atoms with van der Waals surface area (Å²) in [6, 6.07) is 14.3. The highest BCUT2D eigenvalue weighted by Gasteiger charge is 2.06. The number of aromatic nitrogens is 2. The van der Waals surface area contributed by atoms with Crippen LogP contribution >= 0.6 is 0 Å². The van der Waals surface area contributed by atoms with E-state index in [9.17, 15) is 0 Å². The summed E-state index contributed by atoms with van der Waals surface area (Å²) in [5.41, 5.74) is 4.43. The van der Waals surface area contributed by atoms with Crippen molar-refractivity contribution in [1.82, 2.24) is 9.97 Å². The Morgan fingerprint density at radius 1 is 0.765 bits per heavy atom. The van der Waals surface area contributed by atoms with Crippen molar-refractivity contribution in [2.45, 2.75) is 6.92 Å². The molecule has 0 aliphatic rings. The molecule has 0 spiro atoms. The molecule has 0 bridgehead atoms. The number of pyridine rings is 2. The summed E-state index contributed by atoms with van der Waals surface area (Å²) in [4.78, 5) is 8.72. The molecule has 17 heavy (non-hydrogen) atoms. The van der Waals surface area contributed by atoms with Crippen molar-refractivity contribution < 1.29 is 0 Å². The third kappa shape index (κ3) is 1.68. The number of rotatable bonds is 1. The van der Waals surface area contributed by atoms with Gasteiger partial charge in [0.2, 0.25) is 0 Å². The lowest BCUT2D eigenvalue weighted by atomic mass is 10.00. The maximum Gasteiger partial charge on any atom is 0.0708 e. The molecule has 0 radical (unpaired) electrons. The topological polar surface area (TPSA) is 25.8 Å². The minimum atomic E-state index is 1.02. The van der Waals surface area contributed by atoms with Crippen LogP contribution in [0.3, 0.4) is 0 Å². The normalized spacial score (nSPS) is 10.6. The number of fused-ring (bicyclic) bond motifs is 1. The molecule has 2 heteroatoms. The zero-order valence-corrected chi connectivity index (χ0v) is 9.59. The summed E-state index contributed by atoms with van der Waals surface area (Å²) in [6.07, 6.45) is 3.64. The first-order valence-electron chi connectivity index (χ1n) is 5.62. The molecule has 2 heterocycles. The summed E-state index contributed by atoms with van der Waals surface area (Å²) >= 11 is 0. The SMILES string of the molecule is Cc1ncccc1-c1cccc2ncccc12. The molecule has 0 fully saturated rings. The number of hydrogen-bond donors (Lipinski definition) is 0. The Bertz CT molecular complexity index is 669. The zero-order valence-electron chi connectivity index (χ0n) is 9.59. The predicted octanol–water partition coefficient (Wildman–Crippen LogP) is 3.61. The summed E-state index contributed by atoms with van der Waals surface area (Å²) in [5, 5.41) is 1.17. The molecule has 2 aromatic heterocycles. The second kappa shape index (κ2) is 3.98. The van der Waals surface area contributed by atoms with Crippen molar-refractivity contribution in [2.75, 3.05) is 0 Å². The van der Waals surface area contributed by atoms with E-state index >= 15 is 0 Å². The summed E-state index contributed by atoms with van der Waals surface area (Å²) in [7, 11) is 0. The van der Waals surface area contributed by atoms with Crippen molar-refractivity contribution in [3.05, 3.63) is 60.6 Å². The van der Waals surface area contributed by atoms with Gasteiger partial charge in [-0.25, -0.2) is 0 Å². The van der Waals surface area contributed by atoms with Crippen LogP contribution in [-0.4, -0.2) is 9.97 Å². The van der Waals surface area contributed by atoms with Crippen molar-refractivity contribution in [3.8, 4) is 11.1 Å². The zero-order chi connectivity index (χ0) is 11.7. The number of nitrogens with zero attached hydrogens (tertiary/aromatic N) is 2. The van der Waals surface area contributed by atoms with E-state index < -0.39 is 0 Å². The lowest BCUT2D eigenvalue weighted by Crippen LogP contribution is -1.88. The van der Waals surface area contributed by atoms with E-state index in [2.05, 4.69) is 28.2 Å². The van der Waals surface area contributed by atoms with Crippen LogP contribution in [0.1, 0.15) is 5.69 Å². The van der Waals surface area contributed by atoms with Gasteiger partial charge >= 0.3 is 0 Å². The van der Waals surface area contributed by atoms with E-state index in [1.165, 1.54) is 16.5 Å². The Kier molecular flexibility index (Phi) is 2.33. The van der Waals surface area contributed by atoms with Crippen LogP contribution in [0.15, 0.2) is 54.9 Å². The quantitative estimate of drug-likeness (QED) is 0.626. The fraction of sp³-hybridized carbons (Fsp3) is 0.0667. The molecule has 0 amide bonds. The standard InChI is InChI=1S/C15H12N2/c1-11-12(6-3-9-16-11)13-5-2-8-15-14(13)7-4-10-17-15/h2-10H,1H3. The molecule has 0 saturated carbocycles. The van der Waals surface area contributed by atoms with Crippen molar-refractivity contribution >= 4 is 10.9 Å². The van der Waals surface area contributed by atoms with Crippen molar-refractivity contribution in [1.29, 1.82) is 0 Å². The van der Waals surface area contributed by atoms with Gasteiger partial charge in [0, 0.05) is 29.0 Å². The van der Waals surface area contributed by atoms with Crippen LogP contribution in [0.5, 0.6) is 0 Å². The highest BCUT2D eigenvalue weighted by molar-refractivity contribution is 5.94. The highest BCUT2D eigenvalue weighted by atomic mass is 14.7. The summed E-state index contributed by atoms with van der Waals surface area (Å²) < 4.78 is 0. The van der Waals surface area contributed by atoms with Gasteiger partial charge in [-0.2, -0.15) is 0 Å².